The van der Waals surface area contributed by atoms with Gasteiger partial charge in [0, 0.05) is 11.1 Å². The Kier molecular flexibility index (Phi) is 3.97. The second-order valence-corrected chi connectivity index (χ2v) is 5.90. The molecule has 1 N–H and O–H groups in total. The zero-order valence-corrected chi connectivity index (χ0v) is 11.7. The van der Waals surface area contributed by atoms with Crippen molar-refractivity contribution in [2.45, 2.75) is 47.5 Å². The number of carbonyl (C=O) groups is 1. The van der Waals surface area contributed by atoms with Crippen LogP contribution in [-0.4, -0.2) is 5.91 Å². The predicted octanol–water partition coefficient (Wildman–Crippen LogP) is 4.10. The maximum Gasteiger partial charge on any atom is 0.229 e. The smallest absolute Gasteiger partial charge is 0.229 e. The third-order valence-electron chi connectivity index (χ3n) is 2.85. The molecule has 0 bridgehead atoms. The van der Waals surface area contributed by atoms with Crippen LogP contribution >= 0.6 is 0 Å². The van der Waals surface area contributed by atoms with Crippen molar-refractivity contribution in [1.29, 1.82) is 0 Å². The Morgan fingerprint density at radius 3 is 2.29 bits per heavy atom. The molecule has 17 heavy (non-hydrogen) atoms. The highest BCUT2D eigenvalue weighted by molar-refractivity contribution is 5.95. The number of aryl methyl sites for hydroxylation is 1. The molecular formula is C15H23NO. The number of hydrogen-bond acceptors (Lipinski definition) is 1. The van der Waals surface area contributed by atoms with Crippen molar-refractivity contribution in [1.82, 2.24) is 0 Å². The van der Waals surface area contributed by atoms with Crippen molar-refractivity contribution in [2.24, 2.45) is 5.41 Å². The predicted molar refractivity (Wildman–Crippen MR) is 73.4 cm³/mol. The number of anilines is 1. The van der Waals surface area contributed by atoms with Gasteiger partial charge < -0.3 is 5.32 Å². The van der Waals surface area contributed by atoms with E-state index in [0.29, 0.717) is 5.92 Å². The average Bonchev–Trinajstić information content (AvgIpc) is 2.18. The van der Waals surface area contributed by atoms with Crippen LogP contribution in [0, 0.1) is 12.3 Å². The van der Waals surface area contributed by atoms with Crippen molar-refractivity contribution >= 4 is 11.6 Å². The lowest BCUT2D eigenvalue weighted by Crippen LogP contribution is -2.28. The molecule has 0 fully saturated rings. The number of rotatable bonds is 2. The molecule has 0 aliphatic carbocycles. The zero-order chi connectivity index (χ0) is 13.2. The van der Waals surface area contributed by atoms with Crippen LogP contribution in [0.5, 0.6) is 0 Å². The molecule has 0 saturated heterocycles. The third kappa shape index (κ3) is 3.32. The molecule has 1 aromatic carbocycles. The van der Waals surface area contributed by atoms with E-state index in [1.165, 1.54) is 5.56 Å². The van der Waals surface area contributed by atoms with E-state index in [9.17, 15) is 4.79 Å². The van der Waals surface area contributed by atoms with Crippen LogP contribution in [0.25, 0.3) is 0 Å². The molecule has 0 aliphatic rings. The van der Waals surface area contributed by atoms with E-state index in [4.69, 9.17) is 0 Å². The van der Waals surface area contributed by atoms with Gasteiger partial charge in [0.25, 0.3) is 0 Å². The van der Waals surface area contributed by atoms with Crippen molar-refractivity contribution in [3.8, 4) is 0 Å². The second-order valence-electron chi connectivity index (χ2n) is 5.90. The first-order valence-corrected chi connectivity index (χ1v) is 6.14. The number of benzene rings is 1. The molecule has 0 aliphatic heterocycles. The Labute approximate surface area is 104 Å². The average molecular weight is 233 g/mol. The zero-order valence-electron chi connectivity index (χ0n) is 11.7. The maximum atomic E-state index is 12.0. The molecule has 1 amide bonds. The van der Waals surface area contributed by atoms with Crippen LogP contribution in [0.15, 0.2) is 18.2 Å². The first kappa shape index (κ1) is 13.8. The number of amides is 1. The maximum absolute atomic E-state index is 12.0. The molecular weight excluding hydrogens is 210 g/mol. The fraction of sp³-hybridized carbons (Fsp3) is 0.533. The Bertz CT molecular complexity index is 413. The lowest BCUT2D eigenvalue weighted by molar-refractivity contribution is -0.123. The topological polar surface area (TPSA) is 29.1 Å². The molecule has 2 heteroatoms. The van der Waals surface area contributed by atoms with Gasteiger partial charge in [-0.2, -0.15) is 0 Å². The van der Waals surface area contributed by atoms with Crippen molar-refractivity contribution in [3.63, 3.8) is 0 Å². The standard InChI is InChI=1S/C15H23NO/c1-10(2)12-9-7-8-11(3)13(12)16-14(17)15(4,5)6/h7-10H,1-6H3,(H,16,17). The minimum atomic E-state index is -0.365. The minimum absolute atomic E-state index is 0.0636. The normalized spacial score (nSPS) is 11.7. The van der Waals surface area contributed by atoms with Crippen LogP contribution in [0.2, 0.25) is 0 Å². The Hall–Kier alpha value is -1.31. The van der Waals surface area contributed by atoms with E-state index in [0.717, 1.165) is 11.3 Å². The summed E-state index contributed by atoms with van der Waals surface area (Å²) >= 11 is 0. The molecule has 0 saturated carbocycles. The van der Waals surface area contributed by atoms with E-state index in [-0.39, 0.29) is 11.3 Å². The van der Waals surface area contributed by atoms with Crippen molar-refractivity contribution in [3.05, 3.63) is 29.3 Å². The lowest BCUT2D eigenvalue weighted by Gasteiger charge is -2.22. The first-order chi connectivity index (χ1) is 7.73. The minimum Gasteiger partial charge on any atom is -0.325 e. The number of carbonyl (C=O) groups excluding carboxylic acids is 1. The summed E-state index contributed by atoms with van der Waals surface area (Å²) in [5.41, 5.74) is 2.93. The first-order valence-electron chi connectivity index (χ1n) is 6.14. The van der Waals surface area contributed by atoms with Gasteiger partial charge in [0.1, 0.15) is 0 Å². The highest BCUT2D eigenvalue weighted by Crippen LogP contribution is 2.29. The van der Waals surface area contributed by atoms with Crippen molar-refractivity contribution < 1.29 is 4.79 Å². The summed E-state index contributed by atoms with van der Waals surface area (Å²) in [6, 6.07) is 6.15. The fourth-order valence-electron chi connectivity index (χ4n) is 1.64. The van der Waals surface area contributed by atoms with Gasteiger partial charge in [-0.05, 0) is 24.0 Å². The number of para-hydroxylation sites is 1. The van der Waals surface area contributed by atoms with E-state index < -0.39 is 0 Å². The van der Waals surface area contributed by atoms with Crippen LogP contribution in [0.3, 0.4) is 0 Å². The Balaban J connectivity index is 3.10. The molecule has 0 spiro atoms. The fourth-order valence-corrected chi connectivity index (χ4v) is 1.64. The third-order valence-corrected chi connectivity index (χ3v) is 2.85. The molecule has 1 rings (SSSR count). The summed E-state index contributed by atoms with van der Waals surface area (Å²) in [6.07, 6.45) is 0. The molecule has 94 valence electrons. The summed E-state index contributed by atoms with van der Waals surface area (Å²) < 4.78 is 0. The van der Waals surface area contributed by atoms with Gasteiger partial charge in [-0.1, -0.05) is 52.8 Å². The number of hydrogen-bond donors (Lipinski definition) is 1. The van der Waals surface area contributed by atoms with Crippen LogP contribution in [-0.2, 0) is 4.79 Å². The van der Waals surface area contributed by atoms with Crippen LogP contribution in [0.4, 0.5) is 5.69 Å². The van der Waals surface area contributed by atoms with Crippen molar-refractivity contribution in [2.75, 3.05) is 5.32 Å². The monoisotopic (exact) mass is 233 g/mol. The van der Waals surface area contributed by atoms with E-state index >= 15 is 0 Å². The van der Waals surface area contributed by atoms with E-state index in [1.54, 1.807) is 0 Å². The van der Waals surface area contributed by atoms with Gasteiger partial charge in [-0.25, -0.2) is 0 Å². The molecule has 0 heterocycles. The molecule has 0 unspecified atom stereocenters. The van der Waals surface area contributed by atoms with Gasteiger partial charge >= 0.3 is 0 Å². The molecule has 0 atom stereocenters. The molecule has 2 nitrogen and oxygen atoms in total. The number of nitrogens with one attached hydrogen (secondary N) is 1. The van der Waals surface area contributed by atoms with E-state index in [1.807, 2.05) is 39.8 Å². The molecule has 1 aromatic rings. The Morgan fingerprint density at radius 1 is 1.24 bits per heavy atom. The van der Waals surface area contributed by atoms with Gasteiger partial charge in [-0.15, -0.1) is 0 Å². The SMILES string of the molecule is Cc1cccc(C(C)C)c1NC(=O)C(C)(C)C. The Morgan fingerprint density at radius 2 is 1.82 bits per heavy atom. The second kappa shape index (κ2) is 4.91. The van der Waals surface area contributed by atoms with Gasteiger partial charge in [-0.3, -0.25) is 4.79 Å². The lowest BCUT2D eigenvalue weighted by atomic mass is 9.93. The summed E-state index contributed by atoms with van der Waals surface area (Å²) in [4.78, 5) is 12.0. The van der Waals surface area contributed by atoms with Gasteiger partial charge in [0.15, 0.2) is 0 Å². The highest BCUT2D eigenvalue weighted by Gasteiger charge is 2.22. The van der Waals surface area contributed by atoms with Gasteiger partial charge in [0.2, 0.25) is 5.91 Å². The van der Waals surface area contributed by atoms with Gasteiger partial charge in [0.05, 0.1) is 0 Å². The quantitative estimate of drug-likeness (QED) is 0.818. The summed E-state index contributed by atoms with van der Waals surface area (Å²) in [5.74, 6) is 0.471. The summed E-state index contributed by atoms with van der Waals surface area (Å²) in [6.45, 7) is 12.1. The van der Waals surface area contributed by atoms with Crippen LogP contribution < -0.4 is 5.32 Å². The summed E-state index contributed by atoms with van der Waals surface area (Å²) in [5, 5.41) is 3.06. The molecule has 0 radical (unpaired) electrons. The summed E-state index contributed by atoms with van der Waals surface area (Å²) in [7, 11) is 0. The largest absolute Gasteiger partial charge is 0.325 e. The highest BCUT2D eigenvalue weighted by atomic mass is 16.2. The van der Waals surface area contributed by atoms with E-state index in [2.05, 4.69) is 25.2 Å². The van der Waals surface area contributed by atoms with Crippen LogP contribution in [0.1, 0.15) is 51.7 Å². The molecule has 0 aromatic heterocycles.